The monoisotopic (exact) mass is 518 g/mol. The highest BCUT2D eigenvalue weighted by Crippen LogP contribution is 2.76. The summed E-state index contributed by atoms with van der Waals surface area (Å²) in [4.78, 5) is 26.0. The molecule has 5 rings (SSSR count). The number of aliphatic carboxylic acids is 1. The van der Waals surface area contributed by atoms with Crippen LogP contribution in [0.1, 0.15) is 87.0 Å². The number of allylic oxidation sites excluding steroid dienone is 1. The number of carbonyl (C=O) groups is 2. The van der Waals surface area contributed by atoms with E-state index >= 15 is 0 Å². The number of carboxylic acids is 1. The van der Waals surface area contributed by atoms with Crippen molar-refractivity contribution >= 4 is 11.8 Å². The molecular formula is C30H46O7. The van der Waals surface area contributed by atoms with Gasteiger partial charge in [-0.3, -0.25) is 9.59 Å². The summed E-state index contributed by atoms with van der Waals surface area (Å²) in [7, 11) is 0. The lowest BCUT2D eigenvalue weighted by Crippen LogP contribution is -2.70. The average Bonchev–Trinajstić information content (AvgIpc) is 2.83. The lowest BCUT2D eigenvalue weighted by molar-refractivity contribution is -0.239. The highest BCUT2D eigenvalue weighted by Gasteiger charge is 2.73. The number of carbonyl (C=O) groups excluding carboxylic acids is 1. The number of Topliss-reactive ketones (excluding diaryl/α,β-unsaturated/α-hetero) is 1. The van der Waals surface area contributed by atoms with Gasteiger partial charge in [0.2, 0.25) is 0 Å². The Morgan fingerprint density at radius 1 is 0.865 bits per heavy atom. The van der Waals surface area contributed by atoms with Crippen molar-refractivity contribution in [2.75, 3.05) is 0 Å². The first-order valence-corrected chi connectivity index (χ1v) is 14.2. The maximum absolute atomic E-state index is 13.5. The lowest BCUT2D eigenvalue weighted by atomic mass is 9.32. The van der Waals surface area contributed by atoms with Crippen molar-refractivity contribution in [1.82, 2.24) is 0 Å². The molecule has 13 atom stereocenters. The first kappa shape index (κ1) is 27.1. The predicted octanol–water partition coefficient (Wildman–Crippen LogP) is 4.10. The molecule has 5 N–H and O–H groups in total. The van der Waals surface area contributed by atoms with Gasteiger partial charge in [-0.05, 0) is 90.9 Å². The van der Waals surface area contributed by atoms with Crippen molar-refractivity contribution in [2.45, 2.75) is 105 Å². The number of ketones is 1. The summed E-state index contributed by atoms with van der Waals surface area (Å²) in [5.41, 5.74) is -2.88. The summed E-state index contributed by atoms with van der Waals surface area (Å²) in [5.74, 6) is -2.56. The van der Waals surface area contributed by atoms with Crippen molar-refractivity contribution in [3.63, 3.8) is 0 Å². The highest BCUT2D eigenvalue weighted by molar-refractivity contribution is 5.90. The Morgan fingerprint density at radius 3 is 2.08 bits per heavy atom. The van der Waals surface area contributed by atoms with Crippen LogP contribution in [0.3, 0.4) is 0 Å². The Bertz CT molecular complexity index is 1070. The molecule has 0 aromatic heterocycles. The minimum absolute atomic E-state index is 0.0471. The van der Waals surface area contributed by atoms with Crippen LogP contribution in [-0.2, 0) is 9.59 Å². The van der Waals surface area contributed by atoms with Gasteiger partial charge in [0.25, 0.3) is 0 Å². The van der Waals surface area contributed by atoms with Crippen LogP contribution in [0, 0.1) is 56.7 Å². The van der Waals surface area contributed by atoms with Crippen LogP contribution in [0.5, 0.6) is 0 Å². The maximum Gasteiger partial charge on any atom is 0.312 e. The molecule has 4 saturated carbocycles. The molecule has 0 heterocycles. The van der Waals surface area contributed by atoms with Crippen LogP contribution in [0.25, 0.3) is 0 Å². The number of hydrogen-bond acceptors (Lipinski definition) is 6. The minimum Gasteiger partial charge on any atom is -0.510 e. The fourth-order valence-corrected chi connectivity index (χ4v) is 10.9. The molecule has 5 aliphatic carbocycles. The molecule has 4 fully saturated rings. The number of aliphatic hydroxyl groups excluding tert-OH is 4. The topological polar surface area (TPSA) is 135 Å². The minimum atomic E-state index is -1.32. The zero-order valence-electron chi connectivity index (χ0n) is 23.4. The van der Waals surface area contributed by atoms with E-state index < -0.39 is 51.4 Å². The third-order valence-electron chi connectivity index (χ3n) is 13.5. The number of fused-ring (bicyclic) bond motifs is 7. The number of aliphatic hydroxyl groups is 4. The zero-order chi connectivity index (χ0) is 27.7. The summed E-state index contributed by atoms with van der Waals surface area (Å²) < 4.78 is 0. The summed E-state index contributed by atoms with van der Waals surface area (Å²) in [6, 6.07) is 0. The molecule has 5 aliphatic rings. The molecular weight excluding hydrogens is 472 g/mol. The largest absolute Gasteiger partial charge is 0.510 e. The van der Waals surface area contributed by atoms with Gasteiger partial charge in [-0.25, -0.2) is 0 Å². The van der Waals surface area contributed by atoms with Gasteiger partial charge in [0.1, 0.15) is 18.0 Å². The molecule has 0 bridgehead atoms. The summed E-state index contributed by atoms with van der Waals surface area (Å²) in [6.45, 7) is 14.0. The molecule has 0 amide bonds. The number of hydrogen-bond donors (Lipinski definition) is 5. The summed E-state index contributed by atoms with van der Waals surface area (Å²) in [6.07, 6.45) is 0.286. The van der Waals surface area contributed by atoms with E-state index in [-0.39, 0.29) is 41.1 Å². The van der Waals surface area contributed by atoms with E-state index in [4.69, 9.17) is 0 Å². The number of carboxylic acid groups (broad SMARTS) is 1. The smallest absolute Gasteiger partial charge is 0.312 e. The Balaban J connectivity index is 1.70. The van der Waals surface area contributed by atoms with Gasteiger partial charge in [0, 0.05) is 11.3 Å². The summed E-state index contributed by atoms with van der Waals surface area (Å²) in [5, 5.41) is 55.8. The quantitative estimate of drug-likeness (QED) is 0.353. The van der Waals surface area contributed by atoms with E-state index in [0.717, 1.165) is 5.57 Å². The highest BCUT2D eigenvalue weighted by atomic mass is 16.4. The second-order valence-electron chi connectivity index (χ2n) is 14.6. The van der Waals surface area contributed by atoms with Crippen molar-refractivity contribution < 1.29 is 35.1 Å². The van der Waals surface area contributed by atoms with Crippen molar-refractivity contribution in [2.24, 2.45) is 56.7 Å². The standard InChI is InChI=1S/C30H46O7/c1-14-15(2)20(32)24(35)27(4)12-13-28(5)19(18(14)27)21(33)22(34)23-26(3)10-9-17(31)30(7,25(36)37)16(26)8-11-29(23,28)6/h14-18,20,22-23,31-34H,8-13H2,1-7H3,(H,36,37). The van der Waals surface area contributed by atoms with E-state index in [9.17, 15) is 35.1 Å². The molecule has 0 aliphatic heterocycles. The van der Waals surface area contributed by atoms with Gasteiger partial charge in [-0.15, -0.1) is 0 Å². The van der Waals surface area contributed by atoms with E-state index in [2.05, 4.69) is 27.7 Å². The third kappa shape index (κ3) is 2.89. The van der Waals surface area contributed by atoms with Crippen molar-refractivity contribution in [3.8, 4) is 0 Å². The SMILES string of the molecule is CC1C(O)C(=O)C2(C)CCC3(C)C(=C(O)C(O)C4C5(C)CCC(O)C(C)(C(=O)O)C5CCC43C)C2C1C. The van der Waals surface area contributed by atoms with Gasteiger partial charge in [-0.1, -0.05) is 41.5 Å². The molecule has 0 aromatic rings. The molecule has 208 valence electrons. The van der Waals surface area contributed by atoms with Gasteiger partial charge >= 0.3 is 5.97 Å². The molecule has 0 spiro atoms. The Labute approximate surface area is 220 Å². The normalized spacial score (nSPS) is 57.6. The van der Waals surface area contributed by atoms with E-state index in [1.807, 2.05) is 13.8 Å². The lowest BCUT2D eigenvalue weighted by Gasteiger charge is -2.71. The molecule has 7 nitrogen and oxygen atoms in total. The molecule has 13 unspecified atom stereocenters. The average molecular weight is 519 g/mol. The van der Waals surface area contributed by atoms with E-state index in [0.29, 0.717) is 38.5 Å². The Morgan fingerprint density at radius 2 is 1.49 bits per heavy atom. The molecule has 0 radical (unpaired) electrons. The van der Waals surface area contributed by atoms with Crippen LogP contribution >= 0.6 is 0 Å². The fraction of sp³-hybridized carbons (Fsp3) is 0.867. The van der Waals surface area contributed by atoms with Crippen LogP contribution in [-0.4, -0.2) is 55.6 Å². The van der Waals surface area contributed by atoms with Gasteiger partial charge in [0.05, 0.1) is 11.5 Å². The Hall–Kier alpha value is -1.44. The number of rotatable bonds is 1. The first-order chi connectivity index (χ1) is 16.9. The van der Waals surface area contributed by atoms with E-state index in [1.165, 1.54) is 0 Å². The van der Waals surface area contributed by atoms with Gasteiger partial charge in [-0.2, -0.15) is 0 Å². The second kappa shape index (κ2) is 7.82. The fourth-order valence-electron chi connectivity index (χ4n) is 10.9. The van der Waals surface area contributed by atoms with E-state index in [1.54, 1.807) is 6.92 Å². The maximum atomic E-state index is 13.5. The Kier molecular flexibility index (Phi) is 5.73. The molecule has 37 heavy (non-hydrogen) atoms. The molecule has 0 aromatic carbocycles. The van der Waals surface area contributed by atoms with Gasteiger partial charge in [0.15, 0.2) is 5.78 Å². The summed E-state index contributed by atoms with van der Waals surface area (Å²) >= 11 is 0. The first-order valence-electron chi connectivity index (χ1n) is 14.2. The van der Waals surface area contributed by atoms with Gasteiger partial charge < -0.3 is 25.5 Å². The van der Waals surface area contributed by atoms with Crippen LogP contribution in [0.4, 0.5) is 0 Å². The second-order valence-corrected chi connectivity index (χ2v) is 14.6. The van der Waals surface area contributed by atoms with Crippen molar-refractivity contribution in [3.05, 3.63) is 11.3 Å². The zero-order valence-corrected chi connectivity index (χ0v) is 23.4. The van der Waals surface area contributed by atoms with Crippen LogP contribution < -0.4 is 0 Å². The molecule has 7 heteroatoms. The van der Waals surface area contributed by atoms with Crippen molar-refractivity contribution in [1.29, 1.82) is 0 Å². The van der Waals surface area contributed by atoms with Crippen LogP contribution in [0.2, 0.25) is 0 Å². The van der Waals surface area contributed by atoms with Crippen LogP contribution in [0.15, 0.2) is 11.3 Å². The molecule has 0 saturated heterocycles. The predicted molar refractivity (Wildman–Crippen MR) is 137 cm³/mol. The third-order valence-corrected chi connectivity index (χ3v) is 13.5.